The summed E-state index contributed by atoms with van der Waals surface area (Å²) in [5.74, 6) is -0.126. The fourth-order valence-corrected chi connectivity index (χ4v) is 2.00. The first-order valence-corrected chi connectivity index (χ1v) is 7.23. The van der Waals surface area contributed by atoms with E-state index in [1.54, 1.807) is 25.1 Å². The molecular weight excluding hydrogens is 315 g/mol. The Balaban J connectivity index is 2.11. The van der Waals surface area contributed by atoms with Gasteiger partial charge in [-0.25, -0.2) is 14.0 Å². The van der Waals surface area contributed by atoms with Gasteiger partial charge in [-0.3, -0.25) is 10.2 Å². The summed E-state index contributed by atoms with van der Waals surface area (Å²) in [7, 11) is 1.25. The lowest BCUT2D eigenvalue weighted by Gasteiger charge is -2.20. The zero-order chi connectivity index (χ0) is 17.5. The molecular formula is C17H17FN2O4. The van der Waals surface area contributed by atoms with Gasteiger partial charge in [0.15, 0.2) is 0 Å². The molecule has 2 amide bonds. The molecule has 24 heavy (non-hydrogen) atoms. The number of carbonyl (C=O) groups is 2. The Morgan fingerprint density at radius 2 is 1.88 bits per heavy atom. The van der Waals surface area contributed by atoms with Crippen LogP contribution in [-0.2, 0) is 4.74 Å². The smallest absolute Gasteiger partial charge is 0.419 e. The molecule has 0 aliphatic rings. The van der Waals surface area contributed by atoms with Crippen molar-refractivity contribution in [2.24, 2.45) is 0 Å². The van der Waals surface area contributed by atoms with Gasteiger partial charge in [0.05, 0.1) is 7.11 Å². The number of methoxy groups -OCH3 is 1. The number of carbonyl (C=O) groups excluding carboxylic acids is 2. The molecule has 6 nitrogen and oxygen atoms in total. The van der Waals surface area contributed by atoms with Crippen molar-refractivity contribution in [3.8, 4) is 5.75 Å². The number of amides is 2. The summed E-state index contributed by atoms with van der Waals surface area (Å²) >= 11 is 0. The van der Waals surface area contributed by atoms with Crippen LogP contribution in [-0.4, -0.2) is 25.8 Å². The van der Waals surface area contributed by atoms with Gasteiger partial charge < -0.3 is 9.47 Å². The van der Waals surface area contributed by atoms with Crippen LogP contribution in [0.5, 0.6) is 5.75 Å². The second-order valence-electron chi connectivity index (χ2n) is 4.73. The van der Waals surface area contributed by atoms with Crippen LogP contribution in [0.2, 0.25) is 0 Å². The number of hydrogen-bond acceptors (Lipinski definition) is 4. The van der Waals surface area contributed by atoms with Gasteiger partial charge in [0.1, 0.15) is 11.6 Å². The number of benzene rings is 2. The second kappa shape index (κ2) is 7.96. The number of halogens is 1. The van der Waals surface area contributed by atoms with Crippen molar-refractivity contribution in [1.82, 2.24) is 0 Å². The topological polar surface area (TPSA) is 67.9 Å². The molecule has 2 aromatic rings. The van der Waals surface area contributed by atoms with Crippen molar-refractivity contribution >= 4 is 23.6 Å². The second-order valence-corrected chi connectivity index (χ2v) is 4.73. The summed E-state index contributed by atoms with van der Waals surface area (Å²) in [5.41, 5.74) is 0.949. The third kappa shape index (κ3) is 4.45. The summed E-state index contributed by atoms with van der Waals surface area (Å²) < 4.78 is 22.8. The van der Waals surface area contributed by atoms with Crippen LogP contribution in [0.3, 0.4) is 0 Å². The van der Waals surface area contributed by atoms with Gasteiger partial charge in [-0.05, 0) is 43.3 Å². The molecule has 0 radical (unpaired) electrons. The number of nitrogens with one attached hydrogen (secondary N) is 1. The van der Waals surface area contributed by atoms with Crippen LogP contribution in [0.25, 0.3) is 0 Å². The fourth-order valence-electron chi connectivity index (χ4n) is 2.00. The Hall–Kier alpha value is -3.09. The third-order valence-electron chi connectivity index (χ3n) is 3.15. The predicted octanol–water partition coefficient (Wildman–Crippen LogP) is 4.03. The first-order chi connectivity index (χ1) is 11.5. The van der Waals surface area contributed by atoms with Gasteiger partial charge in [0.25, 0.3) is 0 Å². The molecule has 0 heterocycles. The molecule has 2 aromatic carbocycles. The number of rotatable bonds is 4. The molecule has 0 atom stereocenters. The van der Waals surface area contributed by atoms with E-state index in [2.05, 4.69) is 10.1 Å². The van der Waals surface area contributed by atoms with Gasteiger partial charge in [0.2, 0.25) is 0 Å². The minimum absolute atomic E-state index is 0.259. The van der Waals surface area contributed by atoms with E-state index in [-0.39, 0.29) is 11.6 Å². The Bertz CT molecular complexity index is 719. The van der Waals surface area contributed by atoms with Crippen LogP contribution in [0, 0.1) is 5.82 Å². The number of nitrogens with zero attached hydrogens (tertiary/aromatic N) is 1. The molecule has 0 bridgehead atoms. The molecule has 1 N–H and O–H groups in total. The summed E-state index contributed by atoms with van der Waals surface area (Å²) in [6, 6.07) is 11.9. The molecule has 0 spiro atoms. The molecule has 7 heteroatoms. The maximum absolute atomic E-state index is 13.0. The van der Waals surface area contributed by atoms with E-state index in [0.717, 1.165) is 0 Å². The lowest BCUT2D eigenvalue weighted by molar-refractivity contribution is 0.187. The maximum atomic E-state index is 13.0. The van der Waals surface area contributed by atoms with Crippen LogP contribution in [0.15, 0.2) is 48.5 Å². The molecule has 0 aromatic heterocycles. The van der Waals surface area contributed by atoms with Crippen LogP contribution >= 0.6 is 0 Å². The van der Waals surface area contributed by atoms with Crippen molar-refractivity contribution in [2.75, 3.05) is 23.9 Å². The minimum atomic E-state index is -0.625. The minimum Gasteiger partial charge on any atom is -0.453 e. The van der Waals surface area contributed by atoms with E-state index in [1.165, 1.54) is 42.3 Å². The molecule has 2 rings (SSSR count). The largest absolute Gasteiger partial charge is 0.453 e. The molecule has 126 valence electrons. The van der Waals surface area contributed by atoms with Gasteiger partial charge in [-0.15, -0.1) is 0 Å². The highest BCUT2D eigenvalue weighted by atomic mass is 19.1. The standard InChI is InChI=1S/C17H17FN2O4/c1-3-20(14-9-7-12(18)8-10-14)17(22)24-15-6-4-5-13(11-15)19-16(21)23-2/h4-11H,3H2,1-2H3,(H,19,21). The average Bonchev–Trinajstić information content (AvgIpc) is 2.57. The monoisotopic (exact) mass is 332 g/mol. The Kier molecular flexibility index (Phi) is 5.73. The molecule has 0 saturated carbocycles. The van der Waals surface area contributed by atoms with Crippen molar-refractivity contribution in [1.29, 1.82) is 0 Å². The Morgan fingerprint density at radius 3 is 2.50 bits per heavy atom. The van der Waals surface area contributed by atoms with Gasteiger partial charge in [-0.1, -0.05) is 6.07 Å². The fraction of sp³-hybridized carbons (Fsp3) is 0.176. The SMILES string of the molecule is CCN(C(=O)Oc1cccc(NC(=O)OC)c1)c1ccc(F)cc1. The summed E-state index contributed by atoms with van der Waals surface area (Å²) in [6.45, 7) is 2.13. The average molecular weight is 332 g/mol. The van der Waals surface area contributed by atoms with Crippen molar-refractivity contribution < 1.29 is 23.5 Å². The van der Waals surface area contributed by atoms with Crippen LogP contribution in [0.1, 0.15) is 6.92 Å². The lowest BCUT2D eigenvalue weighted by Crippen LogP contribution is -2.33. The van der Waals surface area contributed by atoms with Crippen LogP contribution < -0.4 is 15.0 Å². The van der Waals surface area contributed by atoms with Crippen molar-refractivity contribution in [2.45, 2.75) is 6.92 Å². The highest BCUT2D eigenvalue weighted by Gasteiger charge is 2.16. The molecule has 0 saturated heterocycles. The molecule has 0 aliphatic carbocycles. The number of anilines is 2. The Morgan fingerprint density at radius 1 is 1.17 bits per heavy atom. The first kappa shape index (κ1) is 17.3. The zero-order valence-electron chi connectivity index (χ0n) is 13.3. The van der Waals surface area contributed by atoms with Gasteiger partial charge in [-0.2, -0.15) is 0 Å². The van der Waals surface area contributed by atoms with E-state index in [1.807, 2.05) is 0 Å². The number of ether oxygens (including phenoxy) is 2. The summed E-state index contributed by atoms with van der Waals surface area (Å²) in [6.07, 6.45) is -1.24. The van der Waals surface area contributed by atoms with Crippen LogP contribution in [0.4, 0.5) is 25.4 Å². The van der Waals surface area contributed by atoms with E-state index in [4.69, 9.17) is 4.74 Å². The van der Waals surface area contributed by atoms with Crippen molar-refractivity contribution in [3.05, 3.63) is 54.3 Å². The van der Waals surface area contributed by atoms with E-state index < -0.39 is 12.2 Å². The van der Waals surface area contributed by atoms with E-state index in [0.29, 0.717) is 17.9 Å². The normalized spacial score (nSPS) is 9.96. The Labute approximate surface area is 138 Å². The molecule has 0 fully saturated rings. The summed E-state index contributed by atoms with van der Waals surface area (Å²) in [4.78, 5) is 24.9. The maximum Gasteiger partial charge on any atom is 0.419 e. The lowest BCUT2D eigenvalue weighted by atomic mass is 10.3. The molecule has 0 unspecified atom stereocenters. The van der Waals surface area contributed by atoms with Gasteiger partial charge >= 0.3 is 12.2 Å². The zero-order valence-corrected chi connectivity index (χ0v) is 13.3. The first-order valence-electron chi connectivity index (χ1n) is 7.23. The summed E-state index contributed by atoms with van der Waals surface area (Å²) in [5, 5.41) is 2.48. The van der Waals surface area contributed by atoms with Gasteiger partial charge in [0, 0.05) is 24.0 Å². The molecule has 0 aliphatic heterocycles. The van der Waals surface area contributed by atoms with Crippen molar-refractivity contribution in [3.63, 3.8) is 0 Å². The third-order valence-corrected chi connectivity index (χ3v) is 3.15. The number of hydrogen-bond donors (Lipinski definition) is 1. The highest BCUT2D eigenvalue weighted by molar-refractivity contribution is 5.89. The quantitative estimate of drug-likeness (QED) is 0.918. The van der Waals surface area contributed by atoms with E-state index in [9.17, 15) is 14.0 Å². The highest BCUT2D eigenvalue weighted by Crippen LogP contribution is 2.21. The predicted molar refractivity (Wildman–Crippen MR) is 87.9 cm³/mol. The van der Waals surface area contributed by atoms with E-state index >= 15 is 0 Å².